The molecule has 1 heterocycles. The van der Waals surface area contributed by atoms with E-state index in [9.17, 15) is 17.6 Å². The van der Waals surface area contributed by atoms with Crippen LogP contribution in [0.15, 0.2) is 23.1 Å². The van der Waals surface area contributed by atoms with Crippen molar-refractivity contribution in [3.63, 3.8) is 0 Å². The number of amides is 1. The molecule has 1 aliphatic rings. The molecule has 8 heteroatoms. The Hall–Kier alpha value is -1.34. The zero-order valence-electron chi connectivity index (χ0n) is 11.4. The van der Waals surface area contributed by atoms with Crippen molar-refractivity contribution in [2.45, 2.75) is 30.8 Å². The molecule has 1 aromatic carbocycles. The minimum Gasteiger partial charge on any atom is -0.479 e. The molecule has 1 unspecified atom stereocenters. The Morgan fingerprint density at radius 2 is 2.00 bits per heavy atom. The molecule has 1 saturated heterocycles. The Kier molecular flexibility index (Phi) is 4.73. The second-order valence-electron chi connectivity index (χ2n) is 4.82. The Balaban J connectivity index is 2.21. The fraction of sp³-hybridized carbons (Fsp3) is 0.462. The van der Waals surface area contributed by atoms with E-state index in [1.54, 1.807) is 4.90 Å². The minimum absolute atomic E-state index is 0.133. The third-order valence-corrected chi connectivity index (χ3v) is 4.58. The summed E-state index contributed by atoms with van der Waals surface area (Å²) in [5.74, 6) is -1.11. The highest BCUT2D eigenvalue weighted by atomic mass is 35.7. The molecular weight excluding hydrogens is 321 g/mol. The van der Waals surface area contributed by atoms with Gasteiger partial charge in [0.25, 0.3) is 15.0 Å². The summed E-state index contributed by atoms with van der Waals surface area (Å²) in [6, 6.07) is 2.97. The van der Waals surface area contributed by atoms with Gasteiger partial charge in [-0.1, -0.05) is 0 Å². The Morgan fingerprint density at radius 3 is 2.57 bits per heavy atom. The topological polar surface area (TPSA) is 63.7 Å². The van der Waals surface area contributed by atoms with Gasteiger partial charge >= 0.3 is 0 Å². The summed E-state index contributed by atoms with van der Waals surface area (Å²) in [6.07, 6.45) is 1.01. The van der Waals surface area contributed by atoms with Gasteiger partial charge in [0.2, 0.25) is 0 Å². The highest BCUT2D eigenvalue weighted by molar-refractivity contribution is 8.13. The van der Waals surface area contributed by atoms with E-state index in [1.165, 1.54) is 6.92 Å². The second kappa shape index (κ2) is 6.19. The van der Waals surface area contributed by atoms with Gasteiger partial charge in [0.05, 0.1) is 0 Å². The number of carbonyl (C=O) groups excluding carboxylic acids is 1. The largest absolute Gasteiger partial charge is 0.479 e. The standard InChI is InChI=1S/C13H15ClFNO4S/c1-9(13(17)16-6-2-3-7-16)20-11-5-4-10(15)8-12(11)21(14,18)19/h4-5,8-9H,2-3,6-7H2,1H3. The Bertz CT molecular complexity index is 644. The van der Waals surface area contributed by atoms with E-state index in [2.05, 4.69) is 0 Å². The average molecular weight is 336 g/mol. The van der Waals surface area contributed by atoms with Crippen LogP contribution in [0.5, 0.6) is 5.75 Å². The maximum atomic E-state index is 13.2. The van der Waals surface area contributed by atoms with Crippen LogP contribution >= 0.6 is 10.7 Å². The van der Waals surface area contributed by atoms with Crippen LogP contribution in [0.1, 0.15) is 19.8 Å². The zero-order chi connectivity index (χ0) is 15.6. The number of nitrogens with zero attached hydrogens (tertiary/aromatic N) is 1. The van der Waals surface area contributed by atoms with Crippen LogP contribution in [0.3, 0.4) is 0 Å². The molecule has 0 spiro atoms. The van der Waals surface area contributed by atoms with Crippen LogP contribution in [0.4, 0.5) is 4.39 Å². The number of carbonyl (C=O) groups is 1. The molecule has 2 rings (SSSR count). The molecule has 0 saturated carbocycles. The lowest BCUT2D eigenvalue weighted by atomic mass is 10.3. The van der Waals surface area contributed by atoms with Gasteiger partial charge in [0, 0.05) is 23.8 Å². The molecule has 5 nitrogen and oxygen atoms in total. The quantitative estimate of drug-likeness (QED) is 0.791. The van der Waals surface area contributed by atoms with Gasteiger partial charge in [-0.05, 0) is 38.0 Å². The smallest absolute Gasteiger partial charge is 0.265 e. The zero-order valence-corrected chi connectivity index (χ0v) is 13.0. The summed E-state index contributed by atoms with van der Waals surface area (Å²) < 4.78 is 41.4. The SMILES string of the molecule is CC(Oc1ccc(F)cc1S(=O)(=O)Cl)C(=O)N1CCCC1. The molecule has 1 aromatic rings. The van der Waals surface area contributed by atoms with Crippen molar-refractivity contribution in [3.8, 4) is 5.75 Å². The predicted octanol–water partition coefficient (Wildman–Crippen LogP) is 2.14. The molecule has 1 atom stereocenters. The Morgan fingerprint density at radius 1 is 1.38 bits per heavy atom. The molecule has 1 fully saturated rings. The van der Waals surface area contributed by atoms with E-state index in [0.717, 1.165) is 31.0 Å². The average Bonchev–Trinajstić information content (AvgIpc) is 2.92. The lowest BCUT2D eigenvalue weighted by Crippen LogP contribution is -2.38. The molecule has 0 bridgehead atoms. The first kappa shape index (κ1) is 16.0. The number of benzene rings is 1. The van der Waals surface area contributed by atoms with Crippen LogP contribution in [0.25, 0.3) is 0 Å². The van der Waals surface area contributed by atoms with Crippen molar-refractivity contribution in [2.75, 3.05) is 13.1 Å². The minimum atomic E-state index is -4.16. The third-order valence-electron chi connectivity index (χ3n) is 3.24. The maximum absolute atomic E-state index is 13.2. The highest BCUT2D eigenvalue weighted by Gasteiger charge is 2.26. The van der Waals surface area contributed by atoms with Gasteiger partial charge in [0.1, 0.15) is 16.5 Å². The molecule has 1 amide bonds. The fourth-order valence-electron chi connectivity index (χ4n) is 2.21. The summed E-state index contributed by atoms with van der Waals surface area (Å²) in [6.45, 7) is 2.85. The maximum Gasteiger partial charge on any atom is 0.265 e. The molecule has 0 radical (unpaired) electrons. The number of rotatable bonds is 4. The molecule has 0 N–H and O–H groups in total. The van der Waals surface area contributed by atoms with Gasteiger partial charge < -0.3 is 9.64 Å². The first-order valence-electron chi connectivity index (χ1n) is 6.48. The summed E-state index contributed by atoms with van der Waals surface area (Å²) in [5.41, 5.74) is 0. The molecule has 1 aliphatic heterocycles. The van der Waals surface area contributed by atoms with Crippen LogP contribution in [0.2, 0.25) is 0 Å². The molecular formula is C13H15ClFNO4S. The number of halogens is 2. The van der Waals surface area contributed by atoms with Crippen LogP contribution in [-0.2, 0) is 13.8 Å². The molecule has 116 valence electrons. The van der Waals surface area contributed by atoms with Gasteiger partial charge in [-0.25, -0.2) is 12.8 Å². The van der Waals surface area contributed by atoms with Crippen LogP contribution in [-0.4, -0.2) is 38.4 Å². The van der Waals surface area contributed by atoms with E-state index < -0.39 is 25.9 Å². The molecule has 0 aromatic heterocycles. The van der Waals surface area contributed by atoms with E-state index in [0.29, 0.717) is 13.1 Å². The Labute approximate surface area is 127 Å². The van der Waals surface area contributed by atoms with Crippen molar-refractivity contribution >= 4 is 25.6 Å². The van der Waals surface area contributed by atoms with Crippen LogP contribution < -0.4 is 4.74 Å². The highest BCUT2D eigenvalue weighted by Crippen LogP contribution is 2.29. The van der Waals surface area contributed by atoms with E-state index in [-0.39, 0.29) is 11.7 Å². The third kappa shape index (κ3) is 3.85. The second-order valence-corrected chi connectivity index (χ2v) is 7.36. The van der Waals surface area contributed by atoms with Gasteiger partial charge in [-0.3, -0.25) is 4.79 Å². The van der Waals surface area contributed by atoms with Crippen molar-refractivity contribution in [3.05, 3.63) is 24.0 Å². The first-order chi connectivity index (χ1) is 9.79. The van der Waals surface area contributed by atoms with Crippen molar-refractivity contribution in [2.24, 2.45) is 0 Å². The van der Waals surface area contributed by atoms with E-state index in [1.807, 2.05) is 0 Å². The summed E-state index contributed by atoms with van der Waals surface area (Å²) in [4.78, 5) is 13.3. The molecule has 0 aliphatic carbocycles. The predicted molar refractivity (Wildman–Crippen MR) is 75.3 cm³/mol. The van der Waals surface area contributed by atoms with Crippen molar-refractivity contribution in [1.82, 2.24) is 4.90 Å². The van der Waals surface area contributed by atoms with Crippen molar-refractivity contribution < 1.29 is 22.3 Å². The number of likely N-dealkylation sites (tertiary alicyclic amines) is 1. The first-order valence-corrected chi connectivity index (χ1v) is 8.79. The number of hydrogen-bond acceptors (Lipinski definition) is 4. The van der Waals surface area contributed by atoms with Crippen LogP contribution in [0, 0.1) is 5.82 Å². The van der Waals surface area contributed by atoms with E-state index >= 15 is 0 Å². The lowest BCUT2D eigenvalue weighted by Gasteiger charge is -2.21. The lowest BCUT2D eigenvalue weighted by molar-refractivity contribution is -0.136. The summed E-state index contributed by atoms with van der Waals surface area (Å²) in [5, 5.41) is 0. The fourth-order valence-corrected chi connectivity index (χ4v) is 3.18. The normalized spacial score (nSPS) is 16.8. The van der Waals surface area contributed by atoms with E-state index in [4.69, 9.17) is 15.4 Å². The number of hydrogen-bond donors (Lipinski definition) is 0. The summed E-state index contributed by atoms with van der Waals surface area (Å²) in [7, 11) is 1.09. The van der Waals surface area contributed by atoms with Gasteiger partial charge in [0.15, 0.2) is 6.10 Å². The monoisotopic (exact) mass is 335 g/mol. The van der Waals surface area contributed by atoms with Crippen molar-refractivity contribution in [1.29, 1.82) is 0 Å². The molecule has 21 heavy (non-hydrogen) atoms. The van der Waals surface area contributed by atoms with Gasteiger partial charge in [-0.2, -0.15) is 0 Å². The number of ether oxygens (including phenoxy) is 1. The summed E-state index contributed by atoms with van der Waals surface area (Å²) >= 11 is 0. The van der Waals surface area contributed by atoms with Gasteiger partial charge in [-0.15, -0.1) is 0 Å².